The molecular weight excluding hydrogens is 488 g/mol. The van der Waals surface area contributed by atoms with Gasteiger partial charge in [-0.2, -0.15) is 5.26 Å². The van der Waals surface area contributed by atoms with Gasteiger partial charge in [0, 0.05) is 16.7 Å². The minimum absolute atomic E-state index is 0.378. The third kappa shape index (κ3) is 4.00. The summed E-state index contributed by atoms with van der Waals surface area (Å²) in [5.41, 5.74) is 5.47. The van der Waals surface area contributed by atoms with Gasteiger partial charge in [-0.15, -0.1) is 0 Å². The molecule has 4 bridgehead atoms. The molecule has 0 aliphatic heterocycles. The van der Waals surface area contributed by atoms with Crippen LogP contribution in [0.5, 0.6) is 0 Å². The molecule has 1 aromatic heterocycles. The van der Waals surface area contributed by atoms with Gasteiger partial charge < -0.3 is 0 Å². The van der Waals surface area contributed by atoms with Crippen LogP contribution >= 0.6 is 0 Å². The van der Waals surface area contributed by atoms with Gasteiger partial charge in [0.05, 0.1) is 11.6 Å². The maximum absolute atomic E-state index is 9.28. The molecule has 9 rings (SSSR count). The summed E-state index contributed by atoms with van der Waals surface area (Å²) >= 11 is 0. The number of aromatic nitrogens is 3. The quantitative estimate of drug-likeness (QED) is 0.240. The van der Waals surface area contributed by atoms with Crippen molar-refractivity contribution >= 4 is 10.8 Å². The molecule has 0 amide bonds. The molecule has 4 aliphatic rings. The van der Waals surface area contributed by atoms with Crippen molar-refractivity contribution in [1.82, 2.24) is 15.0 Å². The van der Waals surface area contributed by atoms with Crippen LogP contribution in [-0.2, 0) is 5.41 Å². The van der Waals surface area contributed by atoms with E-state index in [4.69, 9.17) is 15.0 Å². The Balaban J connectivity index is 1.20. The molecule has 0 spiro atoms. The van der Waals surface area contributed by atoms with Gasteiger partial charge in [-0.25, -0.2) is 15.0 Å². The van der Waals surface area contributed by atoms with Crippen molar-refractivity contribution in [3.63, 3.8) is 0 Å². The van der Waals surface area contributed by atoms with Gasteiger partial charge >= 0.3 is 0 Å². The summed E-state index contributed by atoms with van der Waals surface area (Å²) in [5, 5.41) is 11.4. The number of rotatable bonds is 4. The zero-order valence-electron chi connectivity index (χ0n) is 22.4. The Morgan fingerprint density at radius 1 is 0.575 bits per heavy atom. The zero-order valence-corrected chi connectivity index (χ0v) is 22.4. The SMILES string of the molecule is N#Cc1ccc2cc(-c3nc(-c4ccccc4)nc(-c4ccc(C56C[C@H]7C[C@H](C5)C[C@@H](C6)C7)cc4)n3)ccc2c1. The lowest BCUT2D eigenvalue weighted by molar-refractivity contribution is -0.00518. The van der Waals surface area contributed by atoms with E-state index >= 15 is 0 Å². The minimum atomic E-state index is 0.378. The monoisotopic (exact) mass is 518 g/mol. The number of hydrogen-bond donors (Lipinski definition) is 0. The van der Waals surface area contributed by atoms with Gasteiger partial charge in [0.15, 0.2) is 17.5 Å². The zero-order chi connectivity index (χ0) is 26.7. The fraction of sp³-hybridized carbons (Fsp3) is 0.278. The molecule has 194 valence electrons. The van der Waals surface area contributed by atoms with Gasteiger partial charge in [-0.1, -0.05) is 72.8 Å². The first-order valence-electron chi connectivity index (χ1n) is 14.5. The number of hydrogen-bond acceptors (Lipinski definition) is 4. The fourth-order valence-corrected chi connectivity index (χ4v) is 8.24. The number of nitriles is 1. The van der Waals surface area contributed by atoms with Crippen LogP contribution in [0.3, 0.4) is 0 Å². The summed E-state index contributed by atoms with van der Waals surface area (Å²) in [6, 6.07) is 33.5. The summed E-state index contributed by atoms with van der Waals surface area (Å²) in [5.74, 6) is 4.81. The Labute approximate surface area is 234 Å². The lowest BCUT2D eigenvalue weighted by Gasteiger charge is -2.57. The Kier molecular flexibility index (Phi) is 5.35. The third-order valence-electron chi connectivity index (χ3n) is 9.69. The molecule has 4 heteroatoms. The number of nitrogens with zero attached hydrogens (tertiary/aromatic N) is 4. The lowest BCUT2D eigenvalue weighted by atomic mass is 9.48. The van der Waals surface area contributed by atoms with E-state index in [1.165, 1.54) is 44.1 Å². The predicted octanol–water partition coefficient (Wildman–Crippen LogP) is 8.37. The predicted molar refractivity (Wildman–Crippen MR) is 158 cm³/mol. The third-order valence-corrected chi connectivity index (χ3v) is 9.69. The van der Waals surface area contributed by atoms with Crippen LogP contribution in [0.4, 0.5) is 0 Å². The van der Waals surface area contributed by atoms with Crippen LogP contribution < -0.4 is 0 Å². The van der Waals surface area contributed by atoms with Crippen LogP contribution in [-0.4, -0.2) is 15.0 Å². The van der Waals surface area contributed by atoms with Crippen LogP contribution in [0.2, 0.25) is 0 Å². The molecule has 4 saturated carbocycles. The van der Waals surface area contributed by atoms with E-state index in [1.807, 2.05) is 60.7 Å². The van der Waals surface area contributed by atoms with Crippen LogP contribution in [0.15, 0.2) is 91.0 Å². The van der Waals surface area contributed by atoms with E-state index < -0.39 is 0 Å². The second-order valence-corrected chi connectivity index (χ2v) is 12.3. The molecule has 4 aromatic carbocycles. The van der Waals surface area contributed by atoms with Gasteiger partial charge in [-0.05, 0) is 96.2 Å². The van der Waals surface area contributed by atoms with E-state index in [2.05, 4.69) is 36.4 Å². The van der Waals surface area contributed by atoms with Crippen molar-refractivity contribution in [2.45, 2.75) is 43.9 Å². The topological polar surface area (TPSA) is 62.5 Å². The summed E-state index contributed by atoms with van der Waals surface area (Å²) in [4.78, 5) is 14.8. The highest BCUT2D eigenvalue weighted by molar-refractivity contribution is 5.87. The maximum Gasteiger partial charge on any atom is 0.164 e. The molecule has 0 radical (unpaired) electrons. The lowest BCUT2D eigenvalue weighted by Crippen LogP contribution is -2.48. The second-order valence-electron chi connectivity index (χ2n) is 12.3. The molecule has 0 saturated heterocycles. The molecule has 40 heavy (non-hydrogen) atoms. The van der Waals surface area contributed by atoms with E-state index in [9.17, 15) is 5.26 Å². The normalized spacial score (nSPS) is 24.7. The highest BCUT2D eigenvalue weighted by Crippen LogP contribution is 2.60. The first-order chi connectivity index (χ1) is 19.6. The fourth-order valence-electron chi connectivity index (χ4n) is 8.24. The Morgan fingerprint density at radius 2 is 1.10 bits per heavy atom. The molecule has 0 unspecified atom stereocenters. The van der Waals surface area contributed by atoms with E-state index in [0.29, 0.717) is 28.5 Å². The van der Waals surface area contributed by atoms with E-state index in [-0.39, 0.29) is 0 Å². The largest absolute Gasteiger partial charge is 0.208 e. The molecule has 0 N–H and O–H groups in total. The molecule has 4 nitrogen and oxygen atoms in total. The summed E-state index contributed by atoms with van der Waals surface area (Å²) in [6.07, 6.45) is 8.48. The van der Waals surface area contributed by atoms with Gasteiger partial charge in [0.25, 0.3) is 0 Å². The average molecular weight is 519 g/mol. The van der Waals surface area contributed by atoms with E-state index in [1.54, 1.807) is 0 Å². The molecule has 4 fully saturated rings. The second kappa shape index (κ2) is 9.10. The maximum atomic E-state index is 9.28. The van der Waals surface area contributed by atoms with Crippen molar-refractivity contribution in [3.05, 3.63) is 102 Å². The van der Waals surface area contributed by atoms with Crippen LogP contribution in [0, 0.1) is 29.1 Å². The summed E-state index contributed by atoms with van der Waals surface area (Å²) in [7, 11) is 0. The van der Waals surface area contributed by atoms with Crippen molar-refractivity contribution in [3.8, 4) is 40.2 Å². The Hall–Kier alpha value is -4.36. The standard InChI is InChI=1S/C36H30N4/c37-22-23-6-7-30-18-31(9-8-29(30)17-23)35-39-33(27-4-2-1-3-5-27)38-34(40-35)28-10-12-32(13-11-28)36-19-24-14-25(20-36)16-26(15-24)21-36/h1-13,17-18,24-26H,14-16,19-21H2/t24-,25-,26-,36?. The highest BCUT2D eigenvalue weighted by atomic mass is 15.0. The molecule has 1 heterocycles. The van der Waals surface area contributed by atoms with Crippen molar-refractivity contribution in [2.24, 2.45) is 17.8 Å². The van der Waals surface area contributed by atoms with Gasteiger partial charge in [0.2, 0.25) is 0 Å². The van der Waals surface area contributed by atoms with Crippen LogP contribution in [0.25, 0.3) is 44.9 Å². The van der Waals surface area contributed by atoms with Crippen molar-refractivity contribution in [1.29, 1.82) is 5.26 Å². The number of benzene rings is 4. The molecule has 4 aliphatic carbocycles. The summed E-state index contributed by atoms with van der Waals surface area (Å²) in [6.45, 7) is 0. The average Bonchev–Trinajstić information content (AvgIpc) is 3.00. The van der Waals surface area contributed by atoms with E-state index in [0.717, 1.165) is 45.2 Å². The Morgan fingerprint density at radius 3 is 1.73 bits per heavy atom. The molecule has 5 aromatic rings. The number of fused-ring (bicyclic) bond motifs is 1. The van der Waals surface area contributed by atoms with Crippen LogP contribution in [0.1, 0.15) is 49.7 Å². The molecule has 0 atom stereocenters. The highest BCUT2D eigenvalue weighted by Gasteiger charge is 2.51. The van der Waals surface area contributed by atoms with Gasteiger partial charge in [0.1, 0.15) is 0 Å². The van der Waals surface area contributed by atoms with Crippen molar-refractivity contribution < 1.29 is 0 Å². The Bertz CT molecular complexity index is 1750. The van der Waals surface area contributed by atoms with Gasteiger partial charge in [-0.3, -0.25) is 0 Å². The first kappa shape index (κ1) is 23.5. The smallest absolute Gasteiger partial charge is 0.164 e. The van der Waals surface area contributed by atoms with Crippen molar-refractivity contribution in [2.75, 3.05) is 0 Å². The first-order valence-corrected chi connectivity index (χ1v) is 14.5. The minimum Gasteiger partial charge on any atom is -0.208 e. The summed E-state index contributed by atoms with van der Waals surface area (Å²) < 4.78 is 0. The molecular formula is C36H30N4.